The smallest absolute Gasteiger partial charge is 0.163 e. The molecule has 0 aromatic heterocycles. The molecule has 0 radical (unpaired) electrons. The summed E-state index contributed by atoms with van der Waals surface area (Å²) in [4.78, 5) is 0. The van der Waals surface area contributed by atoms with Gasteiger partial charge in [-0.15, -0.1) is 0 Å². The summed E-state index contributed by atoms with van der Waals surface area (Å²) in [7, 11) is 1.99. The molecule has 1 fully saturated rings. The molecule has 1 N–H and O–H groups in total. The number of hydrogen-bond acceptors (Lipinski definition) is 3. The van der Waals surface area contributed by atoms with Gasteiger partial charge in [-0.1, -0.05) is 20.3 Å². The van der Waals surface area contributed by atoms with E-state index in [1.165, 1.54) is 12.8 Å². The highest BCUT2D eigenvalue weighted by atomic mass is 16.5. The van der Waals surface area contributed by atoms with Crippen LogP contribution in [0.5, 0.6) is 11.5 Å². The molecule has 0 bridgehead atoms. The number of nitrogens with one attached hydrogen (secondary N) is 1. The fraction of sp³-hybridized carbons (Fsp3) is 0.647. The predicted molar refractivity (Wildman–Crippen MR) is 82.3 cm³/mol. The largest absolute Gasteiger partial charge is 0.494 e. The highest BCUT2D eigenvalue weighted by Gasteiger charge is 2.45. The zero-order valence-corrected chi connectivity index (χ0v) is 12.9. The number of hydrogen-bond donors (Lipinski definition) is 1. The van der Waals surface area contributed by atoms with E-state index in [9.17, 15) is 0 Å². The van der Waals surface area contributed by atoms with Crippen LogP contribution in [0.25, 0.3) is 0 Å². The van der Waals surface area contributed by atoms with Gasteiger partial charge in [-0.2, -0.15) is 0 Å². The molecule has 0 saturated heterocycles. The Hall–Kier alpha value is -1.22. The summed E-state index contributed by atoms with van der Waals surface area (Å²) < 4.78 is 11.9. The molecule has 1 aromatic rings. The monoisotopic (exact) mass is 277 g/mol. The van der Waals surface area contributed by atoms with Gasteiger partial charge in [0.15, 0.2) is 5.72 Å². The minimum absolute atomic E-state index is 0.204. The minimum Gasteiger partial charge on any atom is -0.494 e. The van der Waals surface area contributed by atoms with E-state index in [0.717, 1.165) is 37.4 Å². The van der Waals surface area contributed by atoms with E-state index in [1.54, 1.807) is 0 Å². The summed E-state index contributed by atoms with van der Waals surface area (Å²) in [6.45, 7) is 5.13. The van der Waals surface area contributed by atoms with Gasteiger partial charge in [-0.25, -0.2) is 0 Å². The maximum Gasteiger partial charge on any atom is 0.163 e. The zero-order chi connectivity index (χ0) is 14.4. The molecule has 0 heterocycles. The molecule has 3 nitrogen and oxygen atoms in total. The second-order valence-corrected chi connectivity index (χ2v) is 5.54. The molecule has 1 aliphatic rings. The van der Waals surface area contributed by atoms with Crippen molar-refractivity contribution in [2.24, 2.45) is 5.92 Å². The zero-order valence-electron chi connectivity index (χ0n) is 12.9. The van der Waals surface area contributed by atoms with Gasteiger partial charge in [-0.05, 0) is 57.0 Å². The summed E-state index contributed by atoms with van der Waals surface area (Å²) in [5.41, 5.74) is -0.204. The number of ether oxygens (including phenoxy) is 2. The van der Waals surface area contributed by atoms with Gasteiger partial charge in [0.05, 0.1) is 6.61 Å². The normalized spacial score (nSPS) is 17.6. The fourth-order valence-electron chi connectivity index (χ4n) is 2.57. The lowest BCUT2D eigenvalue weighted by Crippen LogP contribution is -2.50. The molecular formula is C17H27NO2. The van der Waals surface area contributed by atoms with Crippen LogP contribution in [-0.2, 0) is 0 Å². The third-order valence-electron chi connectivity index (χ3n) is 4.08. The van der Waals surface area contributed by atoms with Gasteiger partial charge < -0.3 is 9.47 Å². The van der Waals surface area contributed by atoms with Crippen molar-refractivity contribution in [3.63, 3.8) is 0 Å². The van der Waals surface area contributed by atoms with Crippen LogP contribution in [0, 0.1) is 5.92 Å². The third-order valence-corrected chi connectivity index (χ3v) is 4.08. The van der Waals surface area contributed by atoms with Gasteiger partial charge in [0, 0.05) is 5.92 Å². The first-order valence-electron chi connectivity index (χ1n) is 7.85. The molecule has 1 saturated carbocycles. The Bertz CT molecular complexity index is 394. The first kappa shape index (κ1) is 15.2. The molecule has 0 aliphatic heterocycles. The van der Waals surface area contributed by atoms with Crippen LogP contribution in [0.1, 0.15) is 46.0 Å². The van der Waals surface area contributed by atoms with E-state index >= 15 is 0 Å². The average Bonchev–Trinajstić information content (AvgIpc) is 3.32. The Morgan fingerprint density at radius 2 is 1.80 bits per heavy atom. The first-order chi connectivity index (χ1) is 9.74. The summed E-state index contributed by atoms with van der Waals surface area (Å²) in [6, 6.07) is 8.00. The Balaban J connectivity index is 1.95. The quantitative estimate of drug-likeness (QED) is 0.547. The lowest BCUT2D eigenvalue weighted by Gasteiger charge is -2.33. The number of unbranched alkanes of at least 4 members (excludes halogenated alkanes) is 1. The van der Waals surface area contributed by atoms with Crippen molar-refractivity contribution in [3.05, 3.63) is 24.3 Å². The van der Waals surface area contributed by atoms with Gasteiger partial charge in [0.1, 0.15) is 11.5 Å². The van der Waals surface area contributed by atoms with Crippen LogP contribution in [0.4, 0.5) is 0 Å². The van der Waals surface area contributed by atoms with Crippen molar-refractivity contribution < 1.29 is 9.47 Å². The van der Waals surface area contributed by atoms with Gasteiger partial charge in [0.25, 0.3) is 0 Å². The Morgan fingerprint density at radius 1 is 1.15 bits per heavy atom. The van der Waals surface area contributed by atoms with Crippen molar-refractivity contribution in [2.75, 3.05) is 13.7 Å². The molecular weight excluding hydrogens is 250 g/mol. The minimum atomic E-state index is -0.204. The van der Waals surface area contributed by atoms with Gasteiger partial charge >= 0.3 is 0 Å². The Kier molecular flexibility index (Phi) is 5.30. The SMILES string of the molecule is CCCCOc1ccc(OC(CC)(NC)C2CC2)cc1. The third kappa shape index (κ3) is 3.66. The van der Waals surface area contributed by atoms with E-state index in [4.69, 9.17) is 9.47 Å². The molecule has 3 heteroatoms. The molecule has 112 valence electrons. The summed E-state index contributed by atoms with van der Waals surface area (Å²) >= 11 is 0. The molecule has 0 amide bonds. The maximum atomic E-state index is 6.24. The molecule has 1 aliphatic carbocycles. The van der Waals surface area contributed by atoms with E-state index in [1.807, 2.05) is 31.3 Å². The number of rotatable bonds is 9. The van der Waals surface area contributed by atoms with Crippen LogP contribution in [0.3, 0.4) is 0 Å². The predicted octanol–water partition coefficient (Wildman–Crippen LogP) is 3.98. The van der Waals surface area contributed by atoms with Crippen LogP contribution >= 0.6 is 0 Å². The van der Waals surface area contributed by atoms with Crippen molar-refractivity contribution in [1.29, 1.82) is 0 Å². The van der Waals surface area contributed by atoms with E-state index in [0.29, 0.717) is 5.92 Å². The van der Waals surface area contributed by atoms with Gasteiger partial charge in [-0.3, -0.25) is 5.32 Å². The van der Waals surface area contributed by atoms with Crippen LogP contribution in [0.2, 0.25) is 0 Å². The van der Waals surface area contributed by atoms with Crippen molar-refractivity contribution in [2.45, 2.75) is 51.7 Å². The molecule has 1 aromatic carbocycles. The second kappa shape index (κ2) is 6.98. The topological polar surface area (TPSA) is 30.5 Å². The van der Waals surface area contributed by atoms with Crippen LogP contribution < -0.4 is 14.8 Å². The Morgan fingerprint density at radius 3 is 2.30 bits per heavy atom. The second-order valence-electron chi connectivity index (χ2n) is 5.54. The van der Waals surface area contributed by atoms with Crippen molar-refractivity contribution in [3.8, 4) is 11.5 Å². The van der Waals surface area contributed by atoms with Crippen molar-refractivity contribution >= 4 is 0 Å². The fourth-order valence-corrected chi connectivity index (χ4v) is 2.57. The van der Waals surface area contributed by atoms with Crippen molar-refractivity contribution in [1.82, 2.24) is 5.32 Å². The van der Waals surface area contributed by atoms with E-state index in [2.05, 4.69) is 19.2 Å². The summed E-state index contributed by atoms with van der Waals surface area (Å²) in [6.07, 6.45) is 5.74. The highest BCUT2D eigenvalue weighted by molar-refractivity contribution is 5.31. The van der Waals surface area contributed by atoms with E-state index < -0.39 is 0 Å². The molecule has 2 rings (SSSR count). The first-order valence-corrected chi connectivity index (χ1v) is 7.85. The summed E-state index contributed by atoms with van der Waals surface area (Å²) in [5.74, 6) is 2.47. The summed E-state index contributed by atoms with van der Waals surface area (Å²) in [5, 5.41) is 3.38. The van der Waals surface area contributed by atoms with Crippen LogP contribution in [0.15, 0.2) is 24.3 Å². The maximum absolute atomic E-state index is 6.24. The molecule has 0 spiro atoms. The van der Waals surface area contributed by atoms with Crippen LogP contribution in [-0.4, -0.2) is 19.4 Å². The average molecular weight is 277 g/mol. The molecule has 1 unspecified atom stereocenters. The standard InChI is InChI=1S/C17H27NO2/c1-4-6-13-19-15-9-11-16(12-10-15)20-17(5-2,18-3)14-7-8-14/h9-12,14,18H,4-8,13H2,1-3H3. The Labute approximate surface area is 122 Å². The highest BCUT2D eigenvalue weighted by Crippen LogP contribution is 2.42. The van der Waals surface area contributed by atoms with Gasteiger partial charge in [0.2, 0.25) is 0 Å². The lowest BCUT2D eigenvalue weighted by molar-refractivity contribution is 0.0139. The van der Waals surface area contributed by atoms with E-state index in [-0.39, 0.29) is 5.72 Å². The lowest BCUT2D eigenvalue weighted by atomic mass is 10.1. The number of benzene rings is 1. The molecule has 1 atom stereocenters. The molecule has 20 heavy (non-hydrogen) atoms.